The smallest absolute Gasteiger partial charge is 0.297 e. The summed E-state index contributed by atoms with van der Waals surface area (Å²) < 4.78 is 29.7. The summed E-state index contributed by atoms with van der Waals surface area (Å²) in [5, 5.41) is 4.06. The summed E-state index contributed by atoms with van der Waals surface area (Å²) in [6, 6.07) is 7.68. The predicted octanol–water partition coefficient (Wildman–Crippen LogP) is 2.09. The van der Waals surface area contributed by atoms with E-state index < -0.39 is 10.0 Å². The minimum atomic E-state index is -3.83. The number of sulfonamides is 1. The van der Waals surface area contributed by atoms with Crippen LogP contribution in [0, 0.1) is 6.92 Å². The van der Waals surface area contributed by atoms with Crippen molar-refractivity contribution in [3.05, 3.63) is 66.8 Å². The summed E-state index contributed by atoms with van der Waals surface area (Å²) in [5.74, 6) is 0.602. The van der Waals surface area contributed by atoms with Crippen molar-refractivity contribution in [1.29, 1.82) is 0 Å². The average molecular weight is 409 g/mol. The van der Waals surface area contributed by atoms with Gasteiger partial charge in [0.25, 0.3) is 10.0 Å². The molecule has 29 heavy (non-hydrogen) atoms. The van der Waals surface area contributed by atoms with Crippen LogP contribution in [0.4, 0.5) is 0 Å². The van der Waals surface area contributed by atoms with Crippen LogP contribution in [0.15, 0.2) is 65.4 Å². The third kappa shape index (κ3) is 3.49. The third-order valence-electron chi connectivity index (χ3n) is 4.58. The van der Waals surface area contributed by atoms with Gasteiger partial charge in [0, 0.05) is 50.0 Å². The number of hydrogen-bond acceptors (Lipinski definition) is 6. The van der Waals surface area contributed by atoms with E-state index in [9.17, 15) is 8.42 Å². The zero-order chi connectivity index (χ0) is 20.6. The van der Waals surface area contributed by atoms with Crippen LogP contribution in [-0.4, -0.2) is 50.0 Å². The number of fused-ring (bicyclic) bond motifs is 1. The van der Waals surface area contributed by atoms with E-state index in [-0.39, 0.29) is 5.03 Å². The van der Waals surface area contributed by atoms with E-state index in [1.165, 1.54) is 19.5 Å². The highest BCUT2D eigenvalue weighted by atomic mass is 32.2. The van der Waals surface area contributed by atoms with Crippen LogP contribution in [0.25, 0.3) is 16.8 Å². The molecule has 0 aliphatic rings. The molecule has 0 bridgehead atoms. The van der Waals surface area contributed by atoms with Gasteiger partial charge in [0.1, 0.15) is 11.5 Å². The van der Waals surface area contributed by atoms with Crippen molar-refractivity contribution >= 4 is 21.9 Å². The molecule has 4 aromatic heterocycles. The Labute approximate surface area is 168 Å². The largest absolute Gasteiger partial charge is 0.337 e. The average Bonchev–Trinajstić information content (AvgIpc) is 3.29. The lowest BCUT2D eigenvalue weighted by Gasteiger charge is -2.11. The molecule has 0 unspecified atom stereocenters. The molecule has 4 aromatic rings. The Balaban J connectivity index is 1.65. The second-order valence-electron chi connectivity index (χ2n) is 6.49. The lowest BCUT2D eigenvalue weighted by Crippen LogP contribution is -2.22. The van der Waals surface area contributed by atoms with Gasteiger partial charge in [-0.25, -0.2) is 9.97 Å². The Morgan fingerprint density at radius 2 is 1.97 bits per heavy atom. The molecule has 4 heterocycles. The van der Waals surface area contributed by atoms with E-state index >= 15 is 0 Å². The summed E-state index contributed by atoms with van der Waals surface area (Å²) in [6.45, 7) is 1.74. The van der Waals surface area contributed by atoms with E-state index in [1.807, 2.05) is 34.9 Å². The highest BCUT2D eigenvalue weighted by molar-refractivity contribution is 7.89. The van der Waals surface area contributed by atoms with E-state index in [4.69, 9.17) is 0 Å². The highest BCUT2D eigenvalue weighted by Crippen LogP contribution is 2.19. The fourth-order valence-electron chi connectivity index (χ4n) is 2.79. The zero-order valence-corrected chi connectivity index (χ0v) is 16.9. The van der Waals surface area contributed by atoms with Gasteiger partial charge < -0.3 is 4.57 Å². The second kappa shape index (κ2) is 7.13. The lowest BCUT2D eigenvalue weighted by molar-refractivity contribution is 0.488. The van der Waals surface area contributed by atoms with Gasteiger partial charge in [0.15, 0.2) is 5.03 Å². The lowest BCUT2D eigenvalue weighted by atomic mass is 10.1. The molecular formula is C19H19N7O2S. The molecule has 0 saturated heterocycles. The van der Waals surface area contributed by atoms with Gasteiger partial charge in [-0.3, -0.25) is 9.38 Å². The van der Waals surface area contributed by atoms with E-state index in [2.05, 4.69) is 20.1 Å². The minimum Gasteiger partial charge on any atom is -0.337 e. The highest BCUT2D eigenvalue weighted by Gasteiger charge is 2.23. The fourth-order valence-corrected chi connectivity index (χ4v) is 3.77. The summed E-state index contributed by atoms with van der Waals surface area (Å²) in [5.41, 5.74) is 3.30. The van der Waals surface area contributed by atoms with Gasteiger partial charge in [0.05, 0.1) is 18.1 Å². The molecule has 0 atom stereocenters. The first-order valence-electron chi connectivity index (χ1n) is 8.76. The molecule has 0 radical (unpaired) electrons. The second-order valence-corrected chi connectivity index (χ2v) is 8.39. The van der Waals surface area contributed by atoms with Crippen molar-refractivity contribution in [2.75, 3.05) is 7.05 Å². The number of hydrazone groups is 1. The summed E-state index contributed by atoms with van der Waals surface area (Å²) in [4.78, 5) is 12.6. The molecule has 0 N–H and O–H groups in total. The fraction of sp³-hybridized carbons (Fsp3) is 0.158. The maximum Gasteiger partial charge on any atom is 0.297 e. The summed E-state index contributed by atoms with van der Waals surface area (Å²) in [7, 11) is -0.719. The van der Waals surface area contributed by atoms with Gasteiger partial charge in [-0.2, -0.15) is 17.9 Å². The maximum absolute atomic E-state index is 12.7. The molecule has 0 aromatic carbocycles. The summed E-state index contributed by atoms with van der Waals surface area (Å²) >= 11 is 0. The number of aryl methyl sites for hydroxylation is 2. The Kier molecular flexibility index (Phi) is 4.63. The topological polar surface area (TPSA) is 97.8 Å². The van der Waals surface area contributed by atoms with E-state index in [0.29, 0.717) is 11.5 Å². The molecule has 0 aliphatic heterocycles. The number of nitrogens with zero attached hydrogens (tertiary/aromatic N) is 7. The minimum absolute atomic E-state index is 0.0471. The molecule has 10 heteroatoms. The van der Waals surface area contributed by atoms with Crippen LogP contribution in [0.1, 0.15) is 11.5 Å². The normalized spacial score (nSPS) is 12.1. The van der Waals surface area contributed by atoms with Crippen molar-refractivity contribution in [1.82, 2.24) is 28.3 Å². The molecule has 4 rings (SSSR count). The van der Waals surface area contributed by atoms with Crippen LogP contribution in [0.2, 0.25) is 0 Å². The van der Waals surface area contributed by atoms with Crippen LogP contribution < -0.4 is 0 Å². The van der Waals surface area contributed by atoms with Gasteiger partial charge in [-0.05, 0) is 25.1 Å². The number of aromatic nitrogens is 5. The molecule has 148 valence electrons. The monoisotopic (exact) mass is 409 g/mol. The SMILES string of the molecule is Cc1nc(S(=O)(=O)N(C)/N=C/c2cnc3ccc(-c4cccnc4)cn23)cn1C. The standard InChI is InChI=1S/C19H19N7O2S/c1-14-23-19(13-24(14)2)29(27,28)25(3)22-11-17-10-21-18-7-6-16(12-26(17)18)15-5-4-8-20-9-15/h4-13H,1-3H3/b22-11+. The number of hydrogen-bond donors (Lipinski definition) is 0. The first-order valence-corrected chi connectivity index (χ1v) is 10.2. The molecule has 0 aliphatic carbocycles. The Morgan fingerprint density at radius 1 is 1.14 bits per heavy atom. The quantitative estimate of drug-likeness (QED) is 0.371. The zero-order valence-electron chi connectivity index (χ0n) is 16.1. The molecule has 0 fully saturated rings. The third-order valence-corrected chi connectivity index (χ3v) is 6.10. The van der Waals surface area contributed by atoms with Crippen molar-refractivity contribution in [2.24, 2.45) is 12.1 Å². The van der Waals surface area contributed by atoms with Crippen LogP contribution in [-0.2, 0) is 17.1 Å². The Bertz CT molecular complexity index is 1290. The summed E-state index contributed by atoms with van der Waals surface area (Å²) in [6.07, 6.45) is 9.97. The maximum atomic E-state index is 12.7. The Morgan fingerprint density at radius 3 is 2.66 bits per heavy atom. The Hall–Kier alpha value is -3.53. The molecule has 9 nitrogen and oxygen atoms in total. The predicted molar refractivity (Wildman–Crippen MR) is 109 cm³/mol. The van der Waals surface area contributed by atoms with Gasteiger partial charge in [0.2, 0.25) is 0 Å². The van der Waals surface area contributed by atoms with E-state index in [1.54, 1.807) is 37.1 Å². The van der Waals surface area contributed by atoms with Gasteiger partial charge >= 0.3 is 0 Å². The van der Waals surface area contributed by atoms with Crippen molar-refractivity contribution in [2.45, 2.75) is 11.9 Å². The molecular weight excluding hydrogens is 390 g/mol. The number of imidazole rings is 2. The van der Waals surface area contributed by atoms with Gasteiger partial charge in [-0.15, -0.1) is 0 Å². The van der Waals surface area contributed by atoms with Gasteiger partial charge in [-0.1, -0.05) is 6.07 Å². The number of rotatable bonds is 5. The number of pyridine rings is 2. The first-order chi connectivity index (χ1) is 13.9. The van der Waals surface area contributed by atoms with Crippen molar-refractivity contribution in [3.63, 3.8) is 0 Å². The molecule has 0 saturated carbocycles. The van der Waals surface area contributed by atoms with Crippen molar-refractivity contribution in [3.8, 4) is 11.1 Å². The molecule has 0 spiro atoms. The van der Waals surface area contributed by atoms with E-state index in [0.717, 1.165) is 21.2 Å². The van der Waals surface area contributed by atoms with Crippen LogP contribution in [0.5, 0.6) is 0 Å². The van der Waals surface area contributed by atoms with Crippen molar-refractivity contribution < 1.29 is 8.42 Å². The first kappa shape index (κ1) is 18.8. The van der Waals surface area contributed by atoms with Crippen LogP contribution in [0.3, 0.4) is 0 Å². The molecule has 0 amide bonds. The van der Waals surface area contributed by atoms with Crippen LogP contribution >= 0.6 is 0 Å².